The lowest BCUT2D eigenvalue weighted by Crippen LogP contribution is -2.32. The van der Waals surface area contributed by atoms with Gasteiger partial charge >= 0.3 is 0 Å². The fourth-order valence-electron chi connectivity index (χ4n) is 3.86. The largest absolute Gasteiger partial charge is 0.396 e. The standard InChI is InChI=1S/C22H25ClN4O4S/c1-24-22(29)21-18-12-17(14-4-5-14)20(26(10-3-11-28)32(2,30)31)13-19(18)25-27(21)16-8-6-15(23)7-9-16/h6-9,12-14,28H,3-5,10-11H2,1-2H3,(H,24,29). The van der Waals surface area contributed by atoms with Crippen molar-refractivity contribution in [1.29, 1.82) is 0 Å². The van der Waals surface area contributed by atoms with Gasteiger partial charge in [0.2, 0.25) is 10.0 Å². The molecule has 1 heterocycles. The molecule has 10 heteroatoms. The van der Waals surface area contributed by atoms with Crippen LogP contribution in [0.1, 0.15) is 41.2 Å². The van der Waals surface area contributed by atoms with Crippen molar-refractivity contribution in [2.24, 2.45) is 0 Å². The quantitative estimate of drug-likeness (QED) is 0.520. The lowest BCUT2D eigenvalue weighted by Gasteiger charge is -2.25. The number of nitrogens with zero attached hydrogens (tertiary/aromatic N) is 3. The van der Waals surface area contributed by atoms with E-state index >= 15 is 0 Å². The van der Waals surface area contributed by atoms with Gasteiger partial charge in [-0.25, -0.2) is 13.1 Å². The van der Waals surface area contributed by atoms with Crippen molar-refractivity contribution in [2.75, 3.05) is 30.8 Å². The monoisotopic (exact) mass is 476 g/mol. The number of hydrogen-bond acceptors (Lipinski definition) is 5. The fraction of sp³-hybridized carbons (Fsp3) is 0.364. The fourth-order valence-corrected chi connectivity index (χ4v) is 4.96. The van der Waals surface area contributed by atoms with Crippen LogP contribution >= 0.6 is 11.6 Å². The number of halogens is 1. The second kappa shape index (κ2) is 8.73. The Labute approximate surface area is 191 Å². The Hall–Kier alpha value is -2.62. The zero-order valence-electron chi connectivity index (χ0n) is 17.9. The summed E-state index contributed by atoms with van der Waals surface area (Å²) in [5.74, 6) is -0.0682. The molecule has 0 atom stereocenters. The minimum absolute atomic E-state index is 0.112. The second-order valence-electron chi connectivity index (χ2n) is 7.93. The average molecular weight is 477 g/mol. The third-order valence-corrected chi connectivity index (χ3v) is 6.97. The average Bonchev–Trinajstić information content (AvgIpc) is 3.53. The first-order chi connectivity index (χ1) is 15.2. The minimum Gasteiger partial charge on any atom is -0.396 e. The molecule has 32 heavy (non-hydrogen) atoms. The Bertz CT molecular complexity index is 1270. The van der Waals surface area contributed by atoms with Crippen molar-refractivity contribution < 1.29 is 18.3 Å². The van der Waals surface area contributed by atoms with Crippen LogP contribution in [0.4, 0.5) is 5.69 Å². The van der Waals surface area contributed by atoms with Gasteiger partial charge in [0.05, 0.1) is 23.1 Å². The van der Waals surface area contributed by atoms with E-state index in [0.717, 1.165) is 24.7 Å². The first-order valence-corrected chi connectivity index (χ1v) is 12.6. The summed E-state index contributed by atoms with van der Waals surface area (Å²) in [6.45, 7) is 0.0554. The molecule has 8 nitrogen and oxygen atoms in total. The number of anilines is 1. The molecule has 1 fully saturated rings. The van der Waals surface area contributed by atoms with Crippen molar-refractivity contribution in [3.63, 3.8) is 0 Å². The van der Waals surface area contributed by atoms with Gasteiger partial charge in [0.1, 0.15) is 5.69 Å². The van der Waals surface area contributed by atoms with Gasteiger partial charge in [-0.1, -0.05) is 11.6 Å². The number of hydrogen-bond donors (Lipinski definition) is 2. The Morgan fingerprint density at radius 2 is 1.97 bits per heavy atom. The van der Waals surface area contributed by atoms with Crippen LogP contribution in [0.15, 0.2) is 36.4 Å². The molecule has 0 radical (unpaired) electrons. The van der Waals surface area contributed by atoms with Crippen molar-refractivity contribution in [3.8, 4) is 5.69 Å². The molecule has 0 unspecified atom stereocenters. The second-order valence-corrected chi connectivity index (χ2v) is 10.3. The Morgan fingerprint density at radius 1 is 1.28 bits per heavy atom. The van der Waals surface area contributed by atoms with Crippen LogP contribution in [-0.2, 0) is 10.0 Å². The van der Waals surface area contributed by atoms with Crippen LogP contribution in [0.5, 0.6) is 0 Å². The van der Waals surface area contributed by atoms with E-state index in [0.29, 0.717) is 39.4 Å². The number of rotatable bonds is 8. The molecule has 0 bridgehead atoms. The number of sulfonamides is 1. The molecule has 3 aromatic rings. The molecule has 1 aliphatic carbocycles. The molecule has 1 amide bonds. The summed E-state index contributed by atoms with van der Waals surface area (Å²) in [6, 6.07) is 10.6. The molecule has 0 aliphatic heterocycles. The van der Waals surface area contributed by atoms with E-state index in [1.165, 1.54) is 4.31 Å². The number of benzene rings is 2. The molecule has 170 valence electrons. The van der Waals surface area contributed by atoms with Crippen LogP contribution < -0.4 is 9.62 Å². The number of amides is 1. The van der Waals surface area contributed by atoms with E-state index in [2.05, 4.69) is 10.4 Å². The van der Waals surface area contributed by atoms with Crippen LogP contribution in [0.3, 0.4) is 0 Å². The first-order valence-electron chi connectivity index (χ1n) is 10.4. The number of aliphatic hydroxyl groups is 1. The van der Waals surface area contributed by atoms with Gasteiger partial charge in [0, 0.05) is 30.6 Å². The van der Waals surface area contributed by atoms with Crippen molar-refractivity contribution in [3.05, 3.63) is 52.7 Å². The maximum Gasteiger partial charge on any atom is 0.270 e. The minimum atomic E-state index is -3.57. The topological polar surface area (TPSA) is 105 Å². The summed E-state index contributed by atoms with van der Waals surface area (Å²) >= 11 is 6.02. The van der Waals surface area contributed by atoms with Crippen LogP contribution in [-0.4, -0.2) is 55.7 Å². The van der Waals surface area contributed by atoms with Crippen LogP contribution in [0.25, 0.3) is 16.6 Å². The number of carbonyl (C=O) groups is 1. The van der Waals surface area contributed by atoms with E-state index in [1.807, 2.05) is 6.07 Å². The molecule has 0 saturated heterocycles. The highest BCUT2D eigenvalue weighted by atomic mass is 35.5. The van der Waals surface area contributed by atoms with Crippen molar-refractivity contribution in [2.45, 2.75) is 25.2 Å². The van der Waals surface area contributed by atoms with Crippen molar-refractivity contribution >= 4 is 44.1 Å². The molecular weight excluding hydrogens is 452 g/mol. The summed E-state index contributed by atoms with van der Waals surface area (Å²) in [4.78, 5) is 12.8. The molecule has 2 N–H and O–H groups in total. The van der Waals surface area contributed by atoms with Gasteiger partial charge in [0.15, 0.2) is 0 Å². The molecule has 4 rings (SSSR count). The van der Waals surface area contributed by atoms with E-state index in [9.17, 15) is 18.3 Å². The molecule has 2 aromatic carbocycles. The number of aliphatic hydroxyl groups excluding tert-OH is 1. The maximum absolute atomic E-state index is 12.8. The normalized spacial score (nSPS) is 14.0. The summed E-state index contributed by atoms with van der Waals surface area (Å²) < 4.78 is 28.1. The van der Waals surface area contributed by atoms with Gasteiger partial charge in [0.25, 0.3) is 5.91 Å². The predicted octanol–water partition coefficient (Wildman–Crippen LogP) is 3.06. The highest BCUT2D eigenvalue weighted by molar-refractivity contribution is 7.92. The lowest BCUT2D eigenvalue weighted by molar-refractivity contribution is 0.0957. The third kappa shape index (κ3) is 4.32. The summed E-state index contributed by atoms with van der Waals surface area (Å²) in [5, 5.41) is 17.8. The Balaban J connectivity index is 1.97. The Morgan fingerprint density at radius 3 is 2.53 bits per heavy atom. The molecule has 1 aliphatic rings. The van der Waals surface area contributed by atoms with Gasteiger partial charge in [-0.3, -0.25) is 9.10 Å². The van der Waals surface area contributed by atoms with E-state index in [4.69, 9.17) is 11.6 Å². The molecule has 0 spiro atoms. The van der Waals surface area contributed by atoms with Crippen LogP contribution in [0, 0.1) is 0 Å². The number of nitrogens with one attached hydrogen (secondary N) is 1. The first kappa shape index (κ1) is 22.6. The highest BCUT2D eigenvalue weighted by Crippen LogP contribution is 2.46. The SMILES string of the molecule is CNC(=O)c1c2cc(C3CC3)c(N(CCCO)S(C)(=O)=O)cc2nn1-c1ccc(Cl)cc1. The maximum atomic E-state index is 12.8. The molecule has 1 aromatic heterocycles. The van der Waals surface area contributed by atoms with E-state index < -0.39 is 10.0 Å². The summed E-state index contributed by atoms with van der Waals surface area (Å²) in [5.41, 5.74) is 2.98. The van der Waals surface area contributed by atoms with E-state index in [1.54, 1.807) is 42.1 Å². The zero-order valence-corrected chi connectivity index (χ0v) is 19.4. The third-order valence-electron chi connectivity index (χ3n) is 5.54. The van der Waals surface area contributed by atoms with Gasteiger partial charge in [-0.2, -0.15) is 5.10 Å². The molecular formula is C22H25ClN4O4S. The predicted molar refractivity (Wildman–Crippen MR) is 125 cm³/mol. The van der Waals surface area contributed by atoms with Crippen molar-refractivity contribution in [1.82, 2.24) is 15.1 Å². The lowest BCUT2D eigenvalue weighted by atomic mass is 10.0. The molecule has 1 saturated carbocycles. The number of carbonyl (C=O) groups excluding carboxylic acids is 1. The van der Waals surface area contributed by atoms with Crippen LogP contribution in [0.2, 0.25) is 5.02 Å². The van der Waals surface area contributed by atoms with Gasteiger partial charge < -0.3 is 10.4 Å². The number of fused-ring (bicyclic) bond motifs is 1. The Kier molecular flexibility index (Phi) is 6.15. The van der Waals surface area contributed by atoms with Gasteiger partial charge in [-0.15, -0.1) is 0 Å². The highest BCUT2D eigenvalue weighted by Gasteiger charge is 2.32. The zero-order chi connectivity index (χ0) is 23.0. The number of aromatic nitrogens is 2. The van der Waals surface area contributed by atoms with E-state index in [-0.39, 0.29) is 25.0 Å². The summed E-state index contributed by atoms with van der Waals surface area (Å²) in [6.07, 6.45) is 3.39. The summed E-state index contributed by atoms with van der Waals surface area (Å²) in [7, 11) is -2.02. The smallest absolute Gasteiger partial charge is 0.270 e. The van der Waals surface area contributed by atoms with Gasteiger partial charge in [-0.05, 0) is 67.1 Å².